The molecule has 3 rings (SSSR count). The molecular weight excluding hydrogens is 324 g/mol. The molecule has 0 radical (unpaired) electrons. The van der Waals surface area contributed by atoms with E-state index >= 15 is 0 Å². The Morgan fingerprint density at radius 3 is 2.46 bits per heavy atom. The summed E-state index contributed by atoms with van der Waals surface area (Å²) >= 11 is 6.21. The van der Waals surface area contributed by atoms with Crippen LogP contribution in [0.1, 0.15) is 23.6 Å². The molecule has 3 amide bonds. The molecule has 0 bridgehead atoms. The number of amides is 3. The van der Waals surface area contributed by atoms with E-state index in [0.29, 0.717) is 11.6 Å². The zero-order chi connectivity index (χ0) is 17.3. The molecule has 1 fully saturated rings. The van der Waals surface area contributed by atoms with Gasteiger partial charge in [-0.3, -0.25) is 9.69 Å². The van der Waals surface area contributed by atoms with Gasteiger partial charge in [0.1, 0.15) is 6.04 Å². The van der Waals surface area contributed by atoms with E-state index in [4.69, 9.17) is 11.6 Å². The predicted molar refractivity (Wildman–Crippen MR) is 93.6 cm³/mol. The fraction of sp³-hybridized carbons (Fsp3) is 0.263. The summed E-state index contributed by atoms with van der Waals surface area (Å²) in [5.74, 6) is -0.187. The van der Waals surface area contributed by atoms with E-state index in [-0.39, 0.29) is 18.5 Å². The molecule has 1 aliphatic rings. The first kappa shape index (κ1) is 16.5. The molecule has 0 saturated carbocycles. The Hall–Kier alpha value is -2.33. The van der Waals surface area contributed by atoms with E-state index in [0.717, 1.165) is 16.7 Å². The summed E-state index contributed by atoms with van der Waals surface area (Å²) in [7, 11) is 0. The van der Waals surface area contributed by atoms with Crippen LogP contribution in [0.15, 0.2) is 48.5 Å². The predicted octanol–water partition coefficient (Wildman–Crippen LogP) is 4.00. The number of hydrogen-bond donors (Lipinski definition) is 0. The molecule has 4 nitrogen and oxygen atoms in total. The van der Waals surface area contributed by atoms with Crippen molar-refractivity contribution in [3.05, 3.63) is 70.2 Å². The van der Waals surface area contributed by atoms with Crippen LogP contribution in [0.4, 0.5) is 4.79 Å². The normalized spacial score (nSPS) is 17.7. The zero-order valence-electron chi connectivity index (χ0n) is 13.7. The van der Waals surface area contributed by atoms with Crippen molar-refractivity contribution in [3.63, 3.8) is 0 Å². The van der Waals surface area contributed by atoms with Crippen molar-refractivity contribution >= 4 is 23.5 Å². The maximum atomic E-state index is 12.7. The molecule has 1 unspecified atom stereocenters. The van der Waals surface area contributed by atoms with Crippen molar-refractivity contribution in [2.45, 2.75) is 33.0 Å². The van der Waals surface area contributed by atoms with Gasteiger partial charge >= 0.3 is 6.03 Å². The number of aryl methyl sites for hydroxylation is 1. The standard InChI is InChI=1S/C19H19ClN2O2/c1-13-8-9-17(20)16(10-13)12-22-18(23)14(2)21(19(22)24)11-15-6-4-3-5-7-15/h3-10,14H,11-12H2,1-2H3. The number of hydrogen-bond acceptors (Lipinski definition) is 2. The summed E-state index contributed by atoms with van der Waals surface area (Å²) in [6.45, 7) is 4.34. The van der Waals surface area contributed by atoms with Crippen molar-refractivity contribution in [1.29, 1.82) is 0 Å². The second-order valence-corrected chi connectivity index (χ2v) is 6.50. The monoisotopic (exact) mass is 342 g/mol. The smallest absolute Gasteiger partial charge is 0.308 e. The van der Waals surface area contributed by atoms with Gasteiger partial charge in [-0.15, -0.1) is 0 Å². The van der Waals surface area contributed by atoms with E-state index in [1.807, 2.05) is 49.4 Å². The first-order valence-corrected chi connectivity index (χ1v) is 8.26. The average molecular weight is 343 g/mol. The van der Waals surface area contributed by atoms with Gasteiger partial charge in [-0.1, -0.05) is 59.6 Å². The average Bonchev–Trinajstić information content (AvgIpc) is 2.77. The SMILES string of the molecule is Cc1ccc(Cl)c(CN2C(=O)C(C)N(Cc3ccccc3)C2=O)c1. The Labute approximate surface area is 146 Å². The molecule has 1 atom stereocenters. The Kier molecular flexibility index (Phi) is 4.58. The minimum Gasteiger partial charge on any atom is -0.308 e. The first-order chi connectivity index (χ1) is 11.5. The Bertz CT molecular complexity index is 776. The van der Waals surface area contributed by atoms with E-state index in [2.05, 4.69) is 0 Å². The van der Waals surface area contributed by atoms with Crippen LogP contribution in [0, 0.1) is 6.92 Å². The van der Waals surface area contributed by atoms with Gasteiger partial charge in [-0.05, 0) is 31.0 Å². The summed E-state index contributed by atoms with van der Waals surface area (Å²) in [6, 6.07) is 14.5. The number of carbonyl (C=O) groups excluding carboxylic acids is 2. The van der Waals surface area contributed by atoms with Crippen molar-refractivity contribution in [1.82, 2.24) is 9.80 Å². The van der Waals surface area contributed by atoms with E-state index < -0.39 is 6.04 Å². The summed E-state index contributed by atoms with van der Waals surface area (Å²) in [4.78, 5) is 28.1. The molecule has 124 valence electrons. The highest BCUT2D eigenvalue weighted by Crippen LogP contribution is 2.25. The molecule has 24 heavy (non-hydrogen) atoms. The van der Waals surface area contributed by atoms with Gasteiger partial charge in [0.05, 0.1) is 6.54 Å². The Balaban J connectivity index is 1.81. The van der Waals surface area contributed by atoms with Crippen molar-refractivity contribution < 1.29 is 9.59 Å². The maximum absolute atomic E-state index is 12.7. The zero-order valence-corrected chi connectivity index (χ0v) is 14.5. The summed E-state index contributed by atoms with van der Waals surface area (Å²) in [6.07, 6.45) is 0. The molecule has 1 aliphatic heterocycles. The highest BCUT2D eigenvalue weighted by molar-refractivity contribution is 6.31. The number of rotatable bonds is 4. The number of nitrogens with zero attached hydrogens (tertiary/aromatic N) is 2. The lowest BCUT2D eigenvalue weighted by atomic mass is 10.1. The molecular formula is C19H19ClN2O2. The quantitative estimate of drug-likeness (QED) is 0.788. The lowest BCUT2D eigenvalue weighted by Gasteiger charge is -2.19. The van der Waals surface area contributed by atoms with Crippen LogP contribution in [0.3, 0.4) is 0 Å². The third kappa shape index (κ3) is 3.15. The van der Waals surface area contributed by atoms with Gasteiger partial charge in [-0.25, -0.2) is 4.79 Å². The second kappa shape index (κ2) is 6.65. The summed E-state index contributed by atoms with van der Waals surface area (Å²) < 4.78 is 0. The molecule has 1 saturated heterocycles. The molecule has 0 spiro atoms. The van der Waals surface area contributed by atoms with Crippen molar-refractivity contribution in [2.24, 2.45) is 0 Å². The lowest BCUT2D eigenvalue weighted by molar-refractivity contribution is -0.128. The van der Waals surface area contributed by atoms with Crippen molar-refractivity contribution in [2.75, 3.05) is 0 Å². The van der Waals surface area contributed by atoms with Gasteiger partial charge < -0.3 is 4.90 Å². The molecule has 0 aromatic heterocycles. The Morgan fingerprint density at radius 1 is 1.04 bits per heavy atom. The van der Waals surface area contributed by atoms with Crippen molar-refractivity contribution in [3.8, 4) is 0 Å². The highest BCUT2D eigenvalue weighted by Gasteiger charge is 2.42. The van der Waals surface area contributed by atoms with Gasteiger partial charge in [0, 0.05) is 11.6 Å². The van der Waals surface area contributed by atoms with Crippen LogP contribution >= 0.6 is 11.6 Å². The van der Waals surface area contributed by atoms with Crippen LogP contribution in [0.2, 0.25) is 5.02 Å². The van der Waals surface area contributed by atoms with E-state index in [1.54, 1.807) is 17.9 Å². The fourth-order valence-electron chi connectivity index (χ4n) is 2.90. The topological polar surface area (TPSA) is 40.6 Å². The maximum Gasteiger partial charge on any atom is 0.328 e. The van der Waals surface area contributed by atoms with Gasteiger partial charge in [-0.2, -0.15) is 0 Å². The molecule has 0 N–H and O–H groups in total. The second-order valence-electron chi connectivity index (χ2n) is 6.09. The third-order valence-electron chi connectivity index (χ3n) is 4.29. The van der Waals surface area contributed by atoms with E-state index in [9.17, 15) is 9.59 Å². The fourth-order valence-corrected chi connectivity index (χ4v) is 3.08. The molecule has 5 heteroatoms. The van der Waals surface area contributed by atoms with Gasteiger partial charge in [0.25, 0.3) is 5.91 Å². The molecule has 0 aliphatic carbocycles. The van der Waals surface area contributed by atoms with Crippen LogP contribution in [-0.4, -0.2) is 27.8 Å². The number of halogens is 1. The Morgan fingerprint density at radius 2 is 1.75 bits per heavy atom. The minimum atomic E-state index is -0.471. The van der Waals surface area contributed by atoms with Crippen LogP contribution < -0.4 is 0 Å². The molecule has 1 heterocycles. The largest absolute Gasteiger partial charge is 0.328 e. The van der Waals surface area contributed by atoms with Gasteiger partial charge in [0.15, 0.2) is 0 Å². The number of urea groups is 1. The first-order valence-electron chi connectivity index (χ1n) is 7.88. The summed E-state index contributed by atoms with van der Waals surface area (Å²) in [5, 5.41) is 0.565. The lowest BCUT2D eigenvalue weighted by Crippen LogP contribution is -2.33. The van der Waals surface area contributed by atoms with Gasteiger partial charge in [0.2, 0.25) is 0 Å². The number of benzene rings is 2. The summed E-state index contributed by atoms with van der Waals surface area (Å²) in [5.41, 5.74) is 2.83. The molecule has 2 aromatic carbocycles. The molecule has 2 aromatic rings. The van der Waals surface area contributed by atoms with Crippen LogP contribution in [-0.2, 0) is 17.9 Å². The highest BCUT2D eigenvalue weighted by atomic mass is 35.5. The third-order valence-corrected chi connectivity index (χ3v) is 4.66. The minimum absolute atomic E-state index is 0.187. The van der Waals surface area contributed by atoms with E-state index in [1.165, 1.54) is 4.90 Å². The number of imide groups is 1. The van der Waals surface area contributed by atoms with Crippen LogP contribution in [0.25, 0.3) is 0 Å². The number of carbonyl (C=O) groups is 2. The van der Waals surface area contributed by atoms with Crippen LogP contribution in [0.5, 0.6) is 0 Å².